The molecule has 0 atom stereocenters. The summed E-state index contributed by atoms with van der Waals surface area (Å²) < 4.78 is 5.16. The van der Waals surface area contributed by atoms with Gasteiger partial charge in [-0.2, -0.15) is 4.98 Å². The number of rotatable bonds is 2. The van der Waals surface area contributed by atoms with E-state index in [-0.39, 0.29) is 5.91 Å². The van der Waals surface area contributed by atoms with Gasteiger partial charge in [-0.15, -0.1) is 0 Å². The molecule has 0 radical (unpaired) electrons. The number of amides is 1. The molecule has 5 rings (SSSR count). The average Bonchev–Trinajstić information content (AvgIpc) is 3.18. The molecule has 0 spiro atoms. The summed E-state index contributed by atoms with van der Waals surface area (Å²) in [5, 5.41) is 5.95. The predicted octanol–water partition coefficient (Wildman–Crippen LogP) is 3.50. The molecule has 7 heteroatoms. The largest absolute Gasteiger partial charge is 0.339 e. The number of aryl methyl sites for hydroxylation is 2. The summed E-state index contributed by atoms with van der Waals surface area (Å²) in [6, 6.07) is 9.74. The molecule has 0 fully saturated rings. The monoisotopic (exact) mass is 385 g/mol. The van der Waals surface area contributed by atoms with Gasteiger partial charge in [-0.25, -0.2) is 0 Å². The van der Waals surface area contributed by atoms with Crippen molar-refractivity contribution in [3.63, 3.8) is 0 Å². The first-order valence-electron chi connectivity index (χ1n) is 9.53. The fraction of sp³-hybridized carbons (Fsp3) is 0.227. The quantitative estimate of drug-likeness (QED) is 0.525. The Hall–Kier alpha value is -3.61. The van der Waals surface area contributed by atoms with E-state index in [4.69, 9.17) is 4.52 Å². The van der Waals surface area contributed by atoms with Crippen molar-refractivity contribution in [2.75, 3.05) is 6.54 Å². The number of carbonyl (C=O) groups excluding carboxylic acids is 1. The highest BCUT2D eigenvalue weighted by Crippen LogP contribution is 2.31. The van der Waals surface area contributed by atoms with Crippen LogP contribution in [0.2, 0.25) is 0 Å². The van der Waals surface area contributed by atoms with Gasteiger partial charge in [0.2, 0.25) is 11.7 Å². The molecule has 0 aliphatic carbocycles. The lowest BCUT2D eigenvalue weighted by Gasteiger charge is -2.30. The molecule has 0 saturated carbocycles. The van der Waals surface area contributed by atoms with Crippen LogP contribution in [-0.4, -0.2) is 37.5 Å². The molecule has 1 amide bonds. The van der Waals surface area contributed by atoms with E-state index < -0.39 is 0 Å². The zero-order valence-corrected chi connectivity index (χ0v) is 16.2. The van der Waals surface area contributed by atoms with Gasteiger partial charge < -0.3 is 9.42 Å². The van der Waals surface area contributed by atoms with E-state index >= 15 is 0 Å². The Bertz CT molecular complexity index is 1240. The molecule has 1 aliphatic rings. The molecule has 0 saturated heterocycles. The summed E-state index contributed by atoms with van der Waals surface area (Å²) in [6.45, 7) is 4.80. The van der Waals surface area contributed by atoms with Gasteiger partial charge in [0.15, 0.2) is 0 Å². The van der Waals surface area contributed by atoms with Crippen LogP contribution < -0.4 is 0 Å². The number of carbonyl (C=O) groups is 1. The normalized spacial score (nSPS) is 13.5. The van der Waals surface area contributed by atoms with E-state index in [1.165, 1.54) is 0 Å². The Labute approximate surface area is 167 Å². The van der Waals surface area contributed by atoms with Gasteiger partial charge in [-0.05, 0) is 35.9 Å². The maximum absolute atomic E-state index is 13.3. The maximum Gasteiger partial charge on any atom is 0.273 e. The third-order valence-corrected chi connectivity index (χ3v) is 5.37. The van der Waals surface area contributed by atoms with Gasteiger partial charge in [0.05, 0.1) is 0 Å². The Morgan fingerprint density at radius 2 is 2.00 bits per heavy atom. The van der Waals surface area contributed by atoms with E-state index in [2.05, 4.69) is 20.1 Å². The molecule has 1 aliphatic heterocycles. The van der Waals surface area contributed by atoms with Crippen LogP contribution in [0.15, 0.2) is 47.2 Å². The molecule has 4 aromatic rings. The smallest absolute Gasteiger partial charge is 0.273 e. The molecule has 4 heterocycles. The van der Waals surface area contributed by atoms with Crippen LogP contribution in [-0.2, 0) is 13.0 Å². The first kappa shape index (κ1) is 17.5. The van der Waals surface area contributed by atoms with E-state index in [9.17, 15) is 4.79 Å². The fourth-order valence-electron chi connectivity index (χ4n) is 3.96. The summed E-state index contributed by atoms with van der Waals surface area (Å²) in [7, 11) is 0. The summed E-state index contributed by atoms with van der Waals surface area (Å²) >= 11 is 0. The lowest BCUT2D eigenvalue weighted by molar-refractivity contribution is 0.0731. The summed E-state index contributed by atoms with van der Waals surface area (Å²) in [5.74, 6) is 1.01. The number of aromatic nitrogens is 4. The maximum atomic E-state index is 13.3. The number of pyridine rings is 2. The van der Waals surface area contributed by atoms with E-state index in [1.807, 2.05) is 48.4 Å². The standard InChI is InChI=1S/C22H19N5O2/c1-13-19(21-25-14(2)29-26-21)17-8-10-27(12-16(17)11-24-13)22(28)20-18-6-4-3-5-15(18)7-9-23-20/h3-7,9,11H,8,10,12H2,1-2H3. The highest BCUT2D eigenvalue weighted by Gasteiger charge is 2.27. The van der Waals surface area contributed by atoms with Crippen molar-refractivity contribution in [1.29, 1.82) is 0 Å². The molecular weight excluding hydrogens is 366 g/mol. The minimum Gasteiger partial charge on any atom is -0.339 e. The fourth-order valence-corrected chi connectivity index (χ4v) is 3.96. The van der Waals surface area contributed by atoms with E-state index in [0.717, 1.165) is 33.2 Å². The van der Waals surface area contributed by atoms with Crippen LogP contribution in [0.5, 0.6) is 0 Å². The Morgan fingerprint density at radius 1 is 1.14 bits per heavy atom. The van der Waals surface area contributed by atoms with E-state index in [0.29, 0.717) is 36.9 Å². The van der Waals surface area contributed by atoms with Crippen LogP contribution in [0, 0.1) is 13.8 Å². The third kappa shape index (κ3) is 2.95. The summed E-state index contributed by atoms with van der Waals surface area (Å²) in [4.78, 5) is 28.4. The number of fused-ring (bicyclic) bond motifs is 2. The number of hydrogen-bond acceptors (Lipinski definition) is 6. The van der Waals surface area contributed by atoms with Crippen LogP contribution in [0.3, 0.4) is 0 Å². The van der Waals surface area contributed by atoms with Crippen molar-refractivity contribution in [1.82, 2.24) is 25.0 Å². The number of nitrogens with zero attached hydrogens (tertiary/aromatic N) is 5. The Balaban J connectivity index is 1.51. The molecule has 0 unspecified atom stereocenters. The second kappa shape index (κ2) is 6.77. The lowest BCUT2D eigenvalue weighted by atomic mass is 9.94. The molecule has 0 N–H and O–H groups in total. The van der Waals surface area contributed by atoms with Crippen molar-refractivity contribution in [3.05, 3.63) is 71.1 Å². The molecule has 1 aromatic carbocycles. The van der Waals surface area contributed by atoms with Gasteiger partial charge in [0.25, 0.3) is 5.91 Å². The van der Waals surface area contributed by atoms with Gasteiger partial charge in [-0.3, -0.25) is 14.8 Å². The minimum atomic E-state index is -0.0648. The van der Waals surface area contributed by atoms with Gasteiger partial charge in [0, 0.05) is 49.1 Å². The summed E-state index contributed by atoms with van der Waals surface area (Å²) in [6.07, 6.45) is 4.24. The van der Waals surface area contributed by atoms with Crippen molar-refractivity contribution in [2.24, 2.45) is 0 Å². The van der Waals surface area contributed by atoms with Gasteiger partial charge in [-0.1, -0.05) is 29.4 Å². The molecular formula is C22H19N5O2. The second-order valence-corrected chi connectivity index (χ2v) is 7.22. The summed E-state index contributed by atoms with van der Waals surface area (Å²) in [5.41, 5.74) is 4.40. The average molecular weight is 385 g/mol. The SMILES string of the molecule is Cc1nc(-c2c(C)ncc3c2CCN(C(=O)c2nccc4ccccc24)C3)no1. The van der Waals surface area contributed by atoms with E-state index in [1.54, 1.807) is 13.1 Å². The molecule has 7 nitrogen and oxygen atoms in total. The number of benzene rings is 1. The molecule has 144 valence electrons. The van der Waals surface area contributed by atoms with Crippen LogP contribution in [0.1, 0.15) is 33.2 Å². The zero-order chi connectivity index (χ0) is 20.0. The first-order valence-corrected chi connectivity index (χ1v) is 9.53. The first-order chi connectivity index (χ1) is 14.1. The molecule has 3 aromatic heterocycles. The molecule has 29 heavy (non-hydrogen) atoms. The van der Waals surface area contributed by atoms with Gasteiger partial charge in [0.1, 0.15) is 5.69 Å². The second-order valence-electron chi connectivity index (χ2n) is 7.22. The van der Waals surface area contributed by atoms with Crippen molar-refractivity contribution >= 4 is 16.7 Å². The molecule has 0 bridgehead atoms. The topological polar surface area (TPSA) is 85.0 Å². The number of hydrogen-bond donors (Lipinski definition) is 0. The van der Waals surface area contributed by atoms with Gasteiger partial charge >= 0.3 is 0 Å². The van der Waals surface area contributed by atoms with Crippen molar-refractivity contribution < 1.29 is 9.32 Å². The van der Waals surface area contributed by atoms with Crippen LogP contribution in [0.25, 0.3) is 22.2 Å². The van der Waals surface area contributed by atoms with Crippen LogP contribution >= 0.6 is 0 Å². The minimum absolute atomic E-state index is 0.0648. The highest BCUT2D eigenvalue weighted by molar-refractivity contribution is 6.05. The highest BCUT2D eigenvalue weighted by atomic mass is 16.5. The predicted molar refractivity (Wildman–Crippen MR) is 107 cm³/mol. The lowest BCUT2D eigenvalue weighted by Crippen LogP contribution is -2.37. The van der Waals surface area contributed by atoms with Crippen molar-refractivity contribution in [3.8, 4) is 11.4 Å². The third-order valence-electron chi connectivity index (χ3n) is 5.37. The Morgan fingerprint density at radius 3 is 2.83 bits per heavy atom. The zero-order valence-electron chi connectivity index (χ0n) is 16.2. The van der Waals surface area contributed by atoms with Crippen molar-refractivity contribution in [2.45, 2.75) is 26.8 Å². The van der Waals surface area contributed by atoms with Crippen LogP contribution in [0.4, 0.5) is 0 Å². The Kier molecular flexibility index (Phi) is 4.08.